The molecule has 0 bridgehead atoms. The first-order chi connectivity index (χ1) is 9.82. The third kappa shape index (κ3) is 3.62. The van der Waals surface area contributed by atoms with Crippen molar-refractivity contribution in [2.24, 2.45) is 0 Å². The maximum Gasteiger partial charge on any atom is 0.243 e. The molecule has 1 aromatic rings. The summed E-state index contributed by atoms with van der Waals surface area (Å²) in [5.74, 6) is -0.439. The Kier molecular flexibility index (Phi) is 5.01. The third-order valence-corrected chi connectivity index (χ3v) is 6.02. The molecule has 0 aliphatic carbocycles. The monoisotopic (exact) mass is 315 g/mol. The predicted octanol–water partition coefficient (Wildman–Crippen LogP) is 2.45. The van der Waals surface area contributed by atoms with Crippen LogP contribution in [-0.2, 0) is 10.0 Å². The topological polar surface area (TPSA) is 57.6 Å². The highest BCUT2D eigenvalue weighted by atomic mass is 32.2. The fourth-order valence-corrected chi connectivity index (χ4v) is 4.86. The normalized spacial score (nSPS) is 22.2. The summed E-state index contributed by atoms with van der Waals surface area (Å²) in [5.41, 5.74) is 0.413. The van der Waals surface area contributed by atoms with Gasteiger partial charge >= 0.3 is 0 Å². The van der Waals surface area contributed by atoms with E-state index in [0.29, 0.717) is 18.5 Å². The van der Waals surface area contributed by atoms with E-state index in [9.17, 15) is 17.9 Å². The molecule has 2 atom stereocenters. The molecular formula is C15H22FNO3S. The largest absolute Gasteiger partial charge is 0.393 e. The van der Waals surface area contributed by atoms with Crippen LogP contribution in [0.2, 0.25) is 0 Å². The number of nitrogens with zero attached hydrogens (tertiary/aromatic N) is 1. The molecule has 2 unspecified atom stereocenters. The smallest absolute Gasteiger partial charge is 0.243 e. The van der Waals surface area contributed by atoms with E-state index in [1.807, 2.05) is 0 Å². The molecule has 0 radical (unpaired) electrons. The molecule has 1 aliphatic rings. The van der Waals surface area contributed by atoms with E-state index in [0.717, 1.165) is 19.3 Å². The van der Waals surface area contributed by atoms with Crippen molar-refractivity contribution in [1.82, 2.24) is 4.31 Å². The molecule has 0 amide bonds. The minimum absolute atomic E-state index is 0.154. The molecule has 1 heterocycles. The Morgan fingerprint density at radius 2 is 2.14 bits per heavy atom. The summed E-state index contributed by atoms with van der Waals surface area (Å²) in [6.45, 7) is 3.72. The van der Waals surface area contributed by atoms with E-state index in [-0.39, 0.29) is 10.9 Å². The highest BCUT2D eigenvalue weighted by Gasteiger charge is 2.34. The van der Waals surface area contributed by atoms with Crippen molar-refractivity contribution in [3.05, 3.63) is 29.6 Å². The van der Waals surface area contributed by atoms with Gasteiger partial charge in [0, 0.05) is 12.6 Å². The highest BCUT2D eigenvalue weighted by molar-refractivity contribution is 7.89. The number of aliphatic hydroxyl groups excluding tert-OH is 1. The first-order valence-corrected chi connectivity index (χ1v) is 8.72. The van der Waals surface area contributed by atoms with Crippen LogP contribution in [0.1, 0.15) is 38.2 Å². The molecule has 0 saturated carbocycles. The van der Waals surface area contributed by atoms with Crippen LogP contribution in [0.5, 0.6) is 0 Å². The average molecular weight is 315 g/mol. The van der Waals surface area contributed by atoms with Crippen LogP contribution in [0.4, 0.5) is 4.39 Å². The number of rotatable bonds is 4. The van der Waals surface area contributed by atoms with Gasteiger partial charge in [0.05, 0.1) is 11.0 Å². The molecule has 1 saturated heterocycles. The molecule has 0 aromatic heterocycles. The van der Waals surface area contributed by atoms with E-state index in [1.165, 1.54) is 22.5 Å². The summed E-state index contributed by atoms with van der Waals surface area (Å²) in [7, 11) is -3.65. The molecule has 1 N–H and O–H groups in total. The van der Waals surface area contributed by atoms with Gasteiger partial charge in [-0.25, -0.2) is 12.8 Å². The number of benzene rings is 1. The zero-order chi connectivity index (χ0) is 15.6. The summed E-state index contributed by atoms with van der Waals surface area (Å²) >= 11 is 0. The van der Waals surface area contributed by atoms with Gasteiger partial charge in [0.25, 0.3) is 0 Å². The molecule has 118 valence electrons. The van der Waals surface area contributed by atoms with Crippen LogP contribution in [0, 0.1) is 12.7 Å². The quantitative estimate of drug-likeness (QED) is 0.928. The number of hydrogen-bond donors (Lipinski definition) is 1. The van der Waals surface area contributed by atoms with Crippen molar-refractivity contribution < 1.29 is 17.9 Å². The van der Waals surface area contributed by atoms with Crippen molar-refractivity contribution in [3.8, 4) is 0 Å². The maximum absolute atomic E-state index is 13.2. The first-order valence-electron chi connectivity index (χ1n) is 7.28. The summed E-state index contributed by atoms with van der Waals surface area (Å²) in [6, 6.07) is 3.55. The minimum atomic E-state index is -3.65. The Labute approximate surface area is 125 Å². The first kappa shape index (κ1) is 16.4. The number of hydrogen-bond acceptors (Lipinski definition) is 3. The van der Waals surface area contributed by atoms with Crippen molar-refractivity contribution in [2.75, 3.05) is 6.54 Å². The van der Waals surface area contributed by atoms with E-state index in [1.54, 1.807) is 13.8 Å². The number of sulfonamides is 1. The molecule has 0 spiro atoms. The Hall–Kier alpha value is -0.980. The van der Waals surface area contributed by atoms with Gasteiger partial charge in [-0.3, -0.25) is 0 Å². The zero-order valence-electron chi connectivity index (χ0n) is 12.4. The summed E-state index contributed by atoms with van der Waals surface area (Å²) in [5, 5.41) is 9.58. The average Bonchev–Trinajstić information content (AvgIpc) is 2.37. The molecule has 6 heteroatoms. The Bertz CT molecular complexity index is 601. The fourth-order valence-electron chi connectivity index (χ4n) is 2.95. The molecule has 4 nitrogen and oxygen atoms in total. The van der Waals surface area contributed by atoms with Gasteiger partial charge in [-0.2, -0.15) is 4.31 Å². The van der Waals surface area contributed by atoms with Crippen LogP contribution < -0.4 is 0 Å². The standard InChI is InChI=1S/C15H22FNO3S/c1-11-9-13(16)6-7-15(11)21(19,20)17-8-4-3-5-14(17)10-12(2)18/h6-7,9,12,14,18H,3-5,8,10H2,1-2H3. The number of piperidine rings is 1. The fraction of sp³-hybridized carbons (Fsp3) is 0.600. The van der Waals surface area contributed by atoms with E-state index < -0.39 is 21.9 Å². The molecule has 1 aliphatic heterocycles. The second-order valence-corrected chi connectivity index (χ2v) is 7.62. The molecule has 21 heavy (non-hydrogen) atoms. The van der Waals surface area contributed by atoms with Gasteiger partial charge in [0.15, 0.2) is 0 Å². The van der Waals surface area contributed by atoms with E-state index in [4.69, 9.17) is 0 Å². The van der Waals surface area contributed by atoms with E-state index in [2.05, 4.69) is 0 Å². The van der Waals surface area contributed by atoms with Gasteiger partial charge in [-0.05, 0) is 56.9 Å². The van der Waals surface area contributed by atoms with E-state index >= 15 is 0 Å². The second kappa shape index (κ2) is 6.42. The minimum Gasteiger partial charge on any atom is -0.393 e. The Morgan fingerprint density at radius 1 is 1.43 bits per heavy atom. The predicted molar refractivity (Wildman–Crippen MR) is 79.0 cm³/mol. The number of halogens is 1. The van der Waals surface area contributed by atoms with Crippen LogP contribution >= 0.6 is 0 Å². The van der Waals surface area contributed by atoms with Crippen molar-refractivity contribution in [3.63, 3.8) is 0 Å². The lowest BCUT2D eigenvalue weighted by atomic mass is 10.00. The second-order valence-electron chi connectivity index (χ2n) is 5.76. The van der Waals surface area contributed by atoms with Gasteiger partial charge in [-0.15, -0.1) is 0 Å². The SMILES string of the molecule is Cc1cc(F)ccc1S(=O)(=O)N1CCCCC1CC(C)O. The maximum atomic E-state index is 13.2. The number of aryl methyl sites for hydroxylation is 1. The zero-order valence-corrected chi connectivity index (χ0v) is 13.2. The van der Waals surface area contributed by atoms with Gasteiger partial charge in [0.1, 0.15) is 5.82 Å². The molecule has 1 aromatic carbocycles. The highest BCUT2D eigenvalue weighted by Crippen LogP contribution is 2.29. The Balaban J connectivity index is 2.36. The lowest BCUT2D eigenvalue weighted by Crippen LogP contribution is -2.45. The molecular weight excluding hydrogens is 293 g/mol. The third-order valence-electron chi connectivity index (χ3n) is 3.91. The van der Waals surface area contributed by atoms with Crippen molar-refractivity contribution in [2.45, 2.75) is 56.6 Å². The van der Waals surface area contributed by atoms with Crippen LogP contribution in [0.15, 0.2) is 23.1 Å². The van der Waals surface area contributed by atoms with Crippen LogP contribution in [0.25, 0.3) is 0 Å². The van der Waals surface area contributed by atoms with Gasteiger partial charge in [0.2, 0.25) is 10.0 Å². The van der Waals surface area contributed by atoms with Crippen LogP contribution in [0.3, 0.4) is 0 Å². The summed E-state index contributed by atoms with van der Waals surface area (Å²) in [4.78, 5) is 0.154. The number of aliphatic hydroxyl groups is 1. The van der Waals surface area contributed by atoms with Crippen molar-refractivity contribution in [1.29, 1.82) is 0 Å². The molecule has 2 rings (SSSR count). The lowest BCUT2D eigenvalue weighted by Gasteiger charge is -2.35. The van der Waals surface area contributed by atoms with Gasteiger partial charge < -0.3 is 5.11 Å². The summed E-state index contributed by atoms with van der Waals surface area (Å²) < 4.78 is 40.3. The lowest BCUT2D eigenvalue weighted by molar-refractivity contribution is 0.131. The van der Waals surface area contributed by atoms with Gasteiger partial charge in [-0.1, -0.05) is 6.42 Å². The molecule has 1 fully saturated rings. The Morgan fingerprint density at radius 3 is 2.76 bits per heavy atom. The summed E-state index contributed by atoms with van der Waals surface area (Å²) in [6.07, 6.45) is 2.42. The van der Waals surface area contributed by atoms with Crippen LogP contribution in [-0.4, -0.2) is 36.5 Å². The van der Waals surface area contributed by atoms with Crippen molar-refractivity contribution >= 4 is 10.0 Å².